The molecule has 2 bridgehead atoms. The Balaban J connectivity index is 1.44. The molecule has 2 N–H and O–H groups in total. The minimum atomic E-state index is -0.799. The van der Waals surface area contributed by atoms with Crippen molar-refractivity contribution in [2.75, 3.05) is 20.6 Å². The molecule has 2 aromatic rings. The van der Waals surface area contributed by atoms with Crippen LogP contribution < -0.4 is 16.2 Å². The van der Waals surface area contributed by atoms with Crippen LogP contribution in [0.3, 0.4) is 0 Å². The average Bonchev–Trinajstić information content (AvgIpc) is 3.43. The maximum Gasteiger partial charge on any atom is 0.250 e. The van der Waals surface area contributed by atoms with Crippen molar-refractivity contribution in [3.8, 4) is 17.2 Å². The zero-order valence-electron chi connectivity index (χ0n) is 19.1. The van der Waals surface area contributed by atoms with Crippen LogP contribution in [0.25, 0.3) is 11.1 Å². The first-order valence-corrected chi connectivity index (χ1v) is 11.4. The number of nitrogens with zero attached hydrogens (tertiary/aromatic N) is 3. The predicted molar refractivity (Wildman–Crippen MR) is 124 cm³/mol. The Bertz CT molecular complexity index is 1120. The van der Waals surface area contributed by atoms with Gasteiger partial charge in [-0.25, -0.2) is 4.39 Å². The molecule has 1 aliphatic carbocycles. The van der Waals surface area contributed by atoms with E-state index < -0.39 is 11.9 Å². The second-order valence-electron chi connectivity index (χ2n) is 9.37. The molecule has 0 spiro atoms. The minimum absolute atomic E-state index is 0.0947. The SMILES string of the molecule is CN(C)CCn1cc(-c2ccc(C[C@@H](C#N)NC(=O)[C@H]3NC4CCC3C4)c(F)c2)ccc1=O. The summed E-state index contributed by atoms with van der Waals surface area (Å²) >= 11 is 0. The highest BCUT2D eigenvalue weighted by atomic mass is 19.1. The molecule has 174 valence electrons. The van der Waals surface area contributed by atoms with E-state index in [1.807, 2.05) is 19.0 Å². The number of nitriles is 1. The summed E-state index contributed by atoms with van der Waals surface area (Å²) < 4.78 is 16.5. The molecule has 4 atom stereocenters. The van der Waals surface area contributed by atoms with Gasteiger partial charge in [0.1, 0.15) is 11.9 Å². The summed E-state index contributed by atoms with van der Waals surface area (Å²) in [5.41, 5.74) is 1.66. The number of amides is 1. The third-order valence-corrected chi connectivity index (χ3v) is 6.70. The van der Waals surface area contributed by atoms with Gasteiger partial charge in [0.15, 0.2) is 0 Å². The fourth-order valence-corrected chi connectivity index (χ4v) is 4.84. The van der Waals surface area contributed by atoms with Gasteiger partial charge in [-0.3, -0.25) is 9.59 Å². The van der Waals surface area contributed by atoms with Crippen molar-refractivity contribution >= 4 is 5.91 Å². The van der Waals surface area contributed by atoms with Gasteiger partial charge in [0, 0.05) is 37.8 Å². The van der Waals surface area contributed by atoms with Crippen LogP contribution in [0.5, 0.6) is 0 Å². The molecule has 1 aromatic carbocycles. The predicted octanol–water partition coefficient (Wildman–Crippen LogP) is 1.91. The van der Waals surface area contributed by atoms with E-state index in [0.717, 1.165) is 31.4 Å². The Hall–Kier alpha value is -3.02. The number of fused-ring (bicyclic) bond motifs is 2. The lowest BCUT2D eigenvalue weighted by Crippen LogP contribution is -2.50. The van der Waals surface area contributed by atoms with Crippen molar-refractivity contribution in [1.82, 2.24) is 20.1 Å². The third-order valence-electron chi connectivity index (χ3n) is 6.70. The van der Waals surface area contributed by atoms with Gasteiger partial charge >= 0.3 is 0 Å². The van der Waals surface area contributed by atoms with E-state index in [9.17, 15) is 19.2 Å². The van der Waals surface area contributed by atoms with Crippen LogP contribution in [0.2, 0.25) is 0 Å². The third kappa shape index (κ3) is 5.32. The fraction of sp³-hybridized carbons (Fsp3) is 0.480. The number of aromatic nitrogens is 1. The highest BCUT2D eigenvalue weighted by Gasteiger charge is 2.43. The molecule has 1 saturated carbocycles. The number of carbonyl (C=O) groups is 1. The largest absolute Gasteiger partial charge is 0.339 e. The van der Waals surface area contributed by atoms with Gasteiger partial charge < -0.3 is 20.1 Å². The van der Waals surface area contributed by atoms with E-state index in [1.54, 1.807) is 29.0 Å². The van der Waals surface area contributed by atoms with E-state index >= 15 is 0 Å². The number of benzene rings is 1. The molecule has 2 unspecified atom stereocenters. The molecular formula is C25H30FN5O2. The van der Waals surface area contributed by atoms with Crippen LogP contribution in [-0.4, -0.2) is 54.1 Å². The molecule has 2 aliphatic rings. The van der Waals surface area contributed by atoms with Gasteiger partial charge in [-0.15, -0.1) is 0 Å². The van der Waals surface area contributed by atoms with E-state index in [1.165, 1.54) is 12.1 Å². The van der Waals surface area contributed by atoms with Crippen molar-refractivity contribution in [2.24, 2.45) is 5.92 Å². The summed E-state index contributed by atoms with van der Waals surface area (Å²) in [7, 11) is 3.88. The number of piperidine rings is 1. The van der Waals surface area contributed by atoms with Gasteiger partial charge in [0.2, 0.25) is 5.91 Å². The number of carbonyl (C=O) groups excluding carboxylic acids is 1. The Morgan fingerprint density at radius 2 is 2.09 bits per heavy atom. The van der Waals surface area contributed by atoms with E-state index in [0.29, 0.717) is 29.6 Å². The maximum absolute atomic E-state index is 14.9. The molecule has 1 saturated heterocycles. The fourth-order valence-electron chi connectivity index (χ4n) is 4.84. The molecule has 1 aromatic heterocycles. The summed E-state index contributed by atoms with van der Waals surface area (Å²) in [4.78, 5) is 26.7. The molecule has 2 heterocycles. The van der Waals surface area contributed by atoms with Gasteiger partial charge in [-0.1, -0.05) is 12.1 Å². The lowest BCUT2D eigenvalue weighted by atomic mass is 9.98. The van der Waals surface area contributed by atoms with Crippen molar-refractivity contribution in [3.05, 3.63) is 58.3 Å². The average molecular weight is 452 g/mol. The standard InChI is InChI=1S/C25H30FN5O2/c1-30(2)9-10-31-15-19(6-8-23(31)32)16-3-4-17(22(26)13-16)11-21(14-27)29-25(33)24-18-5-7-20(12-18)28-24/h3-4,6,8,13,15,18,20-21,24,28H,5,7,9-12H2,1-2H3,(H,29,33)/t18?,20?,21-,24-/m0/s1. The Labute approximate surface area is 193 Å². The number of hydrogen-bond donors (Lipinski definition) is 2. The van der Waals surface area contributed by atoms with Crippen molar-refractivity contribution in [1.29, 1.82) is 5.26 Å². The molecular weight excluding hydrogens is 421 g/mol. The molecule has 8 heteroatoms. The monoisotopic (exact) mass is 451 g/mol. The topological polar surface area (TPSA) is 90.2 Å². The quantitative estimate of drug-likeness (QED) is 0.640. The number of pyridine rings is 1. The molecule has 0 radical (unpaired) electrons. The lowest BCUT2D eigenvalue weighted by Gasteiger charge is -2.23. The summed E-state index contributed by atoms with van der Waals surface area (Å²) in [5.74, 6) is -0.289. The first-order valence-electron chi connectivity index (χ1n) is 11.4. The highest BCUT2D eigenvalue weighted by Crippen LogP contribution is 2.35. The molecule has 4 rings (SSSR count). The van der Waals surface area contributed by atoms with Crippen LogP contribution >= 0.6 is 0 Å². The van der Waals surface area contributed by atoms with E-state index in [-0.39, 0.29) is 23.9 Å². The molecule has 33 heavy (non-hydrogen) atoms. The first kappa shape index (κ1) is 23.1. The summed E-state index contributed by atoms with van der Waals surface area (Å²) in [5, 5.41) is 15.6. The summed E-state index contributed by atoms with van der Waals surface area (Å²) in [6.07, 6.45) is 4.97. The zero-order valence-corrected chi connectivity index (χ0v) is 19.1. The van der Waals surface area contributed by atoms with Crippen LogP contribution in [0.4, 0.5) is 4.39 Å². The van der Waals surface area contributed by atoms with Crippen LogP contribution in [0, 0.1) is 23.1 Å². The summed E-state index contributed by atoms with van der Waals surface area (Å²) in [6, 6.07) is 9.45. The van der Waals surface area contributed by atoms with Gasteiger partial charge in [-0.05, 0) is 68.1 Å². The van der Waals surface area contributed by atoms with Crippen molar-refractivity contribution in [2.45, 2.75) is 50.4 Å². The van der Waals surface area contributed by atoms with Gasteiger partial charge in [-0.2, -0.15) is 5.26 Å². The Morgan fingerprint density at radius 1 is 1.30 bits per heavy atom. The number of hydrogen-bond acceptors (Lipinski definition) is 5. The second kappa shape index (κ2) is 9.86. The normalized spacial score (nSPS) is 22.3. The number of nitrogens with one attached hydrogen (secondary N) is 2. The Kier molecular flexibility index (Phi) is 6.91. The van der Waals surface area contributed by atoms with Gasteiger partial charge in [0.05, 0.1) is 12.1 Å². The minimum Gasteiger partial charge on any atom is -0.339 e. The summed E-state index contributed by atoms with van der Waals surface area (Å²) in [6.45, 7) is 1.26. The molecule has 7 nitrogen and oxygen atoms in total. The molecule has 1 aliphatic heterocycles. The number of halogens is 1. The lowest BCUT2D eigenvalue weighted by molar-refractivity contribution is -0.124. The highest BCUT2D eigenvalue weighted by molar-refractivity contribution is 5.83. The zero-order chi connectivity index (χ0) is 23.5. The van der Waals surface area contributed by atoms with Crippen LogP contribution in [0.1, 0.15) is 24.8 Å². The maximum atomic E-state index is 14.9. The number of rotatable bonds is 8. The van der Waals surface area contributed by atoms with Crippen molar-refractivity contribution in [3.63, 3.8) is 0 Å². The van der Waals surface area contributed by atoms with Crippen LogP contribution in [-0.2, 0) is 17.8 Å². The Morgan fingerprint density at radius 3 is 2.73 bits per heavy atom. The van der Waals surface area contributed by atoms with Crippen molar-refractivity contribution < 1.29 is 9.18 Å². The van der Waals surface area contributed by atoms with E-state index in [2.05, 4.69) is 16.7 Å². The smallest absolute Gasteiger partial charge is 0.250 e. The number of likely N-dealkylation sites (N-methyl/N-ethyl adjacent to an activating group) is 1. The van der Waals surface area contributed by atoms with E-state index in [4.69, 9.17) is 0 Å². The first-order chi connectivity index (χ1) is 15.8. The van der Waals surface area contributed by atoms with Gasteiger partial charge in [0.25, 0.3) is 5.56 Å². The van der Waals surface area contributed by atoms with Crippen LogP contribution in [0.15, 0.2) is 41.3 Å². The second-order valence-corrected chi connectivity index (χ2v) is 9.37. The molecule has 1 amide bonds. The molecule has 2 fully saturated rings.